The van der Waals surface area contributed by atoms with Crippen molar-refractivity contribution in [3.05, 3.63) is 209 Å². The van der Waals surface area contributed by atoms with E-state index < -0.39 is 5.41 Å². The molecule has 0 bridgehead atoms. The van der Waals surface area contributed by atoms with Crippen LogP contribution >= 0.6 is 23.1 Å². The lowest BCUT2D eigenvalue weighted by atomic mass is 9.67. The van der Waals surface area contributed by atoms with Crippen LogP contribution in [0.5, 0.6) is 0 Å². The molecule has 0 amide bonds. The van der Waals surface area contributed by atoms with Gasteiger partial charge in [-0.15, -0.1) is 11.3 Å². The largest absolute Gasteiger partial charge is 0.310 e. The Morgan fingerprint density at radius 2 is 1.06 bits per heavy atom. The molecule has 9 aromatic rings. The molecule has 328 valence electrons. The number of hydrogen-bond acceptors (Lipinski definition) is 6. The number of aromatic nitrogens is 2. The Labute approximate surface area is 398 Å². The van der Waals surface area contributed by atoms with Gasteiger partial charge in [0.25, 0.3) is 0 Å². The molecule has 2 heterocycles. The summed E-state index contributed by atoms with van der Waals surface area (Å²) in [6.07, 6.45) is 13.0. The van der Waals surface area contributed by atoms with Gasteiger partial charge in [0.15, 0.2) is 0 Å². The quantitative estimate of drug-likeness (QED) is 0.0636. The molecule has 66 heavy (non-hydrogen) atoms. The third kappa shape index (κ3) is 8.22. The molecule has 4 nitrogen and oxygen atoms in total. The smallest absolute Gasteiger partial charge is 0.150 e. The summed E-state index contributed by atoms with van der Waals surface area (Å²) in [5.74, 6) is 0. The highest BCUT2D eigenvalue weighted by molar-refractivity contribution is 7.19. The maximum atomic E-state index is 11.5. The van der Waals surface area contributed by atoms with Crippen molar-refractivity contribution in [1.82, 2.24) is 8.75 Å². The second-order valence-corrected chi connectivity index (χ2v) is 19.3. The van der Waals surface area contributed by atoms with Crippen LogP contribution in [0.3, 0.4) is 0 Å². The molecule has 1 aliphatic rings. The molecule has 10 rings (SSSR count). The number of carbonyl (C=O) groups is 1. The number of carbonyl (C=O) groups excluding carboxylic acids is 1. The van der Waals surface area contributed by atoms with Crippen LogP contribution < -0.4 is 4.90 Å². The Morgan fingerprint density at radius 3 is 1.62 bits per heavy atom. The van der Waals surface area contributed by atoms with Gasteiger partial charge >= 0.3 is 0 Å². The lowest BCUT2D eigenvalue weighted by Gasteiger charge is -2.35. The summed E-state index contributed by atoms with van der Waals surface area (Å²) in [7, 11) is 0. The minimum Gasteiger partial charge on any atom is -0.310 e. The summed E-state index contributed by atoms with van der Waals surface area (Å²) in [6.45, 7) is 4.56. The van der Waals surface area contributed by atoms with Gasteiger partial charge in [-0.25, -0.2) is 0 Å². The van der Waals surface area contributed by atoms with Gasteiger partial charge < -0.3 is 4.90 Å². The molecule has 0 atom stereocenters. The summed E-state index contributed by atoms with van der Waals surface area (Å²) in [5, 5.41) is 0. The summed E-state index contributed by atoms with van der Waals surface area (Å²) in [4.78, 5) is 16.3. The maximum absolute atomic E-state index is 11.5. The second kappa shape index (κ2) is 19.6. The number of thiophene rings is 1. The van der Waals surface area contributed by atoms with E-state index in [9.17, 15) is 4.79 Å². The Kier molecular flexibility index (Phi) is 12.9. The Balaban J connectivity index is 1.18. The molecule has 0 saturated carbocycles. The topological polar surface area (TPSA) is 46.1 Å². The van der Waals surface area contributed by atoms with E-state index in [1.54, 1.807) is 0 Å². The van der Waals surface area contributed by atoms with Gasteiger partial charge in [-0.3, -0.25) is 4.79 Å². The van der Waals surface area contributed by atoms with Crippen LogP contribution in [-0.4, -0.2) is 15.0 Å². The SMILES string of the molecule is CCCCCCc1ccc(C2(c3ccc(CCCCCC)cc3)c3cc(N(c4ccccc4)c4ccccc4)ccc3-c3sc(-c4ccc(-c5ccc(C=O)cc5)c5nsnc45)cc32)cc1. The van der Waals surface area contributed by atoms with Gasteiger partial charge in [-0.1, -0.05) is 180 Å². The number of aryl methyl sites for hydroxylation is 2. The molecule has 2 aromatic heterocycles. The molecule has 0 fully saturated rings. The van der Waals surface area contributed by atoms with Gasteiger partial charge in [0.1, 0.15) is 17.3 Å². The standard InChI is InChI=1S/C60H55N3OS2/c1-3-5-7-11-17-42-25-31-46(32-26-42)60(47-33-27-43(28-34-47)18-12-8-6-4-2)54-39-50(63(48-19-13-9-14-20-48)49-21-15-10-16-22-49)35-36-52(54)59-55(60)40-56(65-59)53-38-37-51(57-58(53)62-66-61-57)45-29-23-44(41-64)24-30-45/h9-10,13-16,19-41H,3-8,11-12,17-18H2,1-2H3. The lowest BCUT2D eigenvalue weighted by molar-refractivity contribution is 0.112. The van der Waals surface area contributed by atoms with Crippen molar-refractivity contribution in [2.45, 2.75) is 83.5 Å². The van der Waals surface area contributed by atoms with Crippen LogP contribution in [0.25, 0.3) is 43.0 Å². The van der Waals surface area contributed by atoms with Crippen LogP contribution in [0.2, 0.25) is 0 Å². The fourth-order valence-corrected chi connectivity index (χ4v) is 12.0. The molecule has 0 saturated heterocycles. The van der Waals surface area contributed by atoms with Crippen LogP contribution in [-0.2, 0) is 18.3 Å². The molecule has 0 spiro atoms. The molecular formula is C60H55N3OS2. The fourth-order valence-electron chi connectivity index (χ4n) is 10.1. The van der Waals surface area contributed by atoms with Crippen molar-refractivity contribution in [3.8, 4) is 32.0 Å². The summed E-state index contributed by atoms with van der Waals surface area (Å²) < 4.78 is 9.81. The predicted octanol–water partition coefficient (Wildman–Crippen LogP) is 17.0. The summed E-state index contributed by atoms with van der Waals surface area (Å²) in [6, 6.07) is 62.5. The number of fused-ring (bicyclic) bond motifs is 4. The van der Waals surface area contributed by atoms with Crippen molar-refractivity contribution in [2.75, 3.05) is 4.90 Å². The Bertz CT molecular complexity index is 2970. The highest BCUT2D eigenvalue weighted by Crippen LogP contribution is 2.61. The van der Waals surface area contributed by atoms with Crippen molar-refractivity contribution in [3.63, 3.8) is 0 Å². The molecular weight excluding hydrogens is 843 g/mol. The fraction of sp³-hybridized carbons (Fsp3) is 0.217. The van der Waals surface area contributed by atoms with Crippen molar-refractivity contribution in [2.24, 2.45) is 0 Å². The highest BCUT2D eigenvalue weighted by atomic mass is 32.1. The molecule has 1 aliphatic carbocycles. The average molecular weight is 898 g/mol. The molecule has 0 unspecified atom stereocenters. The minimum atomic E-state index is -0.602. The molecule has 6 heteroatoms. The maximum Gasteiger partial charge on any atom is 0.150 e. The first-order valence-corrected chi connectivity index (χ1v) is 25.3. The van der Waals surface area contributed by atoms with Crippen LogP contribution in [0.15, 0.2) is 170 Å². The first kappa shape index (κ1) is 43.4. The summed E-state index contributed by atoms with van der Waals surface area (Å²) in [5.41, 5.74) is 17.5. The van der Waals surface area contributed by atoms with E-state index in [-0.39, 0.29) is 0 Å². The van der Waals surface area contributed by atoms with Crippen LogP contribution in [0, 0.1) is 0 Å². The van der Waals surface area contributed by atoms with Gasteiger partial charge in [0.05, 0.1) is 17.1 Å². The van der Waals surface area contributed by atoms with E-state index in [0.717, 1.165) is 63.9 Å². The predicted molar refractivity (Wildman–Crippen MR) is 279 cm³/mol. The zero-order chi connectivity index (χ0) is 44.9. The number of unbranched alkanes of at least 4 members (excludes halogenated alkanes) is 6. The van der Waals surface area contributed by atoms with E-state index >= 15 is 0 Å². The van der Waals surface area contributed by atoms with E-state index in [4.69, 9.17) is 8.75 Å². The number of hydrogen-bond donors (Lipinski definition) is 0. The Morgan fingerprint density at radius 1 is 0.515 bits per heavy atom. The lowest BCUT2D eigenvalue weighted by Crippen LogP contribution is -2.28. The van der Waals surface area contributed by atoms with Crippen molar-refractivity contribution >= 4 is 57.4 Å². The zero-order valence-corrected chi connectivity index (χ0v) is 39.5. The van der Waals surface area contributed by atoms with Crippen LogP contribution in [0.4, 0.5) is 17.1 Å². The van der Waals surface area contributed by atoms with E-state index in [0.29, 0.717) is 5.56 Å². The number of aldehydes is 1. The van der Waals surface area contributed by atoms with Gasteiger partial charge in [0.2, 0.25) is 0 Å². The minimum absolute atomic E-state index is 0.602. The van der Waals surface area contributed by atoms with E-state index in [1.165, 1.54) is 112 Å². The number of rotatable bonds is 18. The number of nitrogens with zero attached hydrogens (tertiary/aromatic N) is 3. The van der Waals surface area contributed by atoms with Crippen molar-refractivity contribution < 1.29 is 4.79 Å². The molecule has 0 radical (unpaired) electrons. The molecule has 0 N–H and O–H groups in total. The molecule has 0 aliphatic heterocycles. The van der Waals surface area contributed by atoms with Crippen molar-refractivity contribution in [1.29, 1.82) is 0 Å². The van der Waals surface area contributed by atoms with E-state index in [2.05, 4.69) is 164 Å². The van der Waals surface area contributed by atoms with Gasteiger partial charge in [0, 0.05) is 43.5 Å². The monoisotopic (exact) mass is 897 g/mol. The van der Waals surface area contributed by atoms with E-state index in [1.807, 2.05) is 35.6 Å². The third-order valence-electron chi connectivity index (χ3n) is 13.5. The highest BCUT2D eigenvalue weighted by Gasteiger charge is 2.48. The molecule has 7 aromatic carbocycles. The first-order valence-electron chi connectivity index (χ1n) is 23.8. The Hall–Kier alpha value is -6.47. The van der Waals surface area contributed by atoms with Gasteiger partial charge in [-0.2, -0.15) is 8.75 Å². The van der Waals surface area contributed by atoms with Crippen LogP contribution in [0.1, 0.15) is 109 Å². The average Bonchev–Trinajstić information content (AvgIpc) is 4.11. The normalized spacial score (nSPS) is 12.6. The number of benzene rings is 7. The number of anilines is 3. The summed E-state index contributed by atoms with van der Waals surface area (Å²) >= 11 is 3.12. The zero-order valence-electron chi connectivity index (χ0n) is 37.9. The third-order valence-corrected chi connectivity index (χ3v) is 15.3. The number of para-hydroxylation sites is 2. The van der Waals surface area contributed by atoms with Gasteiger partial charge in [-0.05, 0) is 113 Å². The first-order chi connectivity index (χ1) is 32.6. The second-order valence-electron chi connectivity index (χ2n) is 17.7.